The van der Waals surface area contributed by atoms with Crippen LogP contribution in [0.1, 0.15) is 21.1 Å². The Morgan fingerprint density at radius 2 is 2.37 bits per heavy atom. The van der Waals surface area contributed by atoms with E-state index in [2.05, 4.69) is 16.4 Å². The first-order chi connectivity index (χ1) is 9.10. The van der Waals surface area contributed by atoms with Gasteiger partial charge in [0.25, 0.3) is 0 Å². The topological polar surface area (TPSA) is 86.0 Å². The fourth-order valence-corrected chi connectivity index (χ4v) is 2.30. The van der Waals surface area contributed by atoms with Gasteiger partial charge in [-0.2, -0.15) is 5.26 Å². The van der Waals surface area contributed by atoms with E-state index in [-0.39, 0.29) is 5.69 Å². The van der Waals surface area contributed by atoms with Crippen molar-refractivity contribution in [3.63, 3.8) is 0 Å². The third-order valence-corrected chi connectivity index (χ3v) is 3.39. The molecule has 5 nitrogen and oxygen atoms in total. The van der Waals surface area contributed by atoms with Crippen LogP contribution in [-0.2, 0) is 6.54 Å². The zero-order chi connectivity index (χ0) is 13.8. The maximum absolute atomic E-state index is 10.7. The Morgan fingerprint density at radius 3 is 3.00 bits per heavy atom. The Balaban J connectivity index is 2.12. The van der Waals surface area contributed by atoms with Gasteiger partial charge in [0.1, 0.15) is 11.1 Å². The first-order valence-electron chi connectivity index (χ1n) is 5.21. The molecule has 0 atom stereocenters. The van der Waals surface area contributed by atoms with Crippen molar-refractivity contribution in [1.29, 1.82) is 5.26 Å². The number of aromatic carboxylic acids is 1. The number of benzene rings is 1. The predicted octanol–water partition coefficient (Wildman–Crippen LogP) is 2.98. The van der Waals surface area contributed by atoms with Crippen LogP contribution in [0.25, 0.3) is 0 Å². The van der Waals surface area contributed by atoms with Gasteiger partial charge in [0.2, 0.25) is 0 Å². The minimum Gasteiger partial charge on any atom is -0.476 e. The van der Waals surface area contributed by atoms with Gasteiger partial charge in [-0.15, -0.1) is 11.3 Å². The second-order valence-corrected chi connectivity index (χ2v) is 4.97. The molecule has 0 aliphatic rings. The zero-order valence-electron chi connectivity index (χ0n) is 9.55. The van der Waals surface area contributed by atoms with E-state index >= 15 is 0 Å². The second kappa shape index (κ2) is 5.69. The molecule has 96 valence electrons. The molecular weight excluding hydrogens is 286 g/mol. The molecule has 1 aromatic carbocycles. The quantitative estimate of drug-likeness (QED) is 0.905. The number of hydrogen-bond acceptors (Lipinski definition) is 5. The molecule has 0 unspecified atom stereocenters. The molecule has 0 amide bonds. The molecule has 0 fully saturated rings. The Labute approximate surface area is 118 Å². The molecular formula is C12H8ClN3O2S. The number of nitrogens with one attached hydrogen (secondary N) is 1. The van der Waals surface area contributed by atoms with Crippen molar-refractivity contribution in [2.24, 2.45) is 0 Å². The first-order valence-corrected chi connectivity index (χ1v) is 6.47. The lowest BCUT2D eigenvalue weighted by molar-refractivity contribution is 0.0691. The van der Waals surface area contributed by atoms with E-state index in [1.807, 2.05) is 0 Å². The molecule has 1 aromatic heterocycles. The summed E-state index contributed by atoms with van der Waals surface area (Å²) in [4.78, 5) is 14.6. The fraction of sp³-hybridized carbons (Fsp3) is 0.0833. The van der Waals surface area contributed by atoms with Gasteiger partial charge >= 0.3 is 5.97 Å². The van der Waals surface area contributed by atoms with Gasteiger partial charge in [-0.3, -0.25) is 0 Å². The fourth-order valence-electron chi connectivity index (χ4n) is 1.42. The van der Waals surface area contributed by atoms with Crippen molar-refractivity contribution in [2.45, 2.75) is 6.54 Å². The second-order valence-electron chi connectivity index (χ2n) is 3.59. The molecule has 0 saturated carbocycles. The number of hydrogen-bond donors (Lipinski definition) is 2. The molecule has 19 heavy (non-hydrogen) atoms. The van der Waals surface area contributed by atoms with Crippen molar-refractivity contribution < 1.29 is 9.90 Å². The molecule has 0 aliphatic heterocycles. The maximum Gasteiger partial charge on any atom is 0.355 e. The van der Waals surface area contributed by atoms with E-state index in [9.17, 15) is 4.79 Å². The number of carboxylic acid groups (broad SMARTS) is 1. The van der Waals surface area contributed by atoms with E-state index in [1.54, 1.807) is 18.2 Å². The molecule has 2 rings (SSSR count). The number of anilines is 1. The van der Waals surface area contributed by atoms with Crippen molar-refractivity contribution in [3.8, 4) is 6.07 Å². The normalized spacial score (nSPS) is 9.89. The van der Waals surface area contributed by atoms with Crippen molar-refractivity contribution in [1.82, 2.24) is 4.98 Å². The largest absolute Gasteiger partial charge is 0.476 e. The average Bonchev–Trinajstić information content (AvgIpc) is 2.85. The van der Waals surface area contributed by atoms with E-state index in [0.29, 0.717) is 27.8 Å². The zero-order valence-corrected chi connectivity index (χ0v) is 11.1. The van der Waals surface area contributed by atoms with Crippen LogP contribution in [0.15, 0.2) is 23.6 Å². The van der Waals surface area contributed by atoms with Gasteiger partial charge in [-0.1, -0.05) is 11.6 Å². The van der Waals surface area contributed by atoms with Crippen LogP contribution in [0.2, 0.25) is 5.02 Å². The van der Waals surface area contributed by atoms with Gasteiger partial charge in [0, 0.05) is 10.4 Å². The van der Waals surface area contributed by atoms with E-state index < -0.39 is 5.97 Å². The van der Waals surface area contributed by atoms with Gasteiger partial charge < -0.3 is 10.4 Å². The summed E-state index contributed by atoms with van der Waals surface area (Å²) in [5, 5.41) is 23.4. The van der Waals surface area contributed by atoms with Crippen LogP contribution in [-0.4, -0.2) is 16.1 Å². The van der Waals surface area contributed by atoms with E-state index in [4.69, 9.17) is 22.0 Å². The van der Waals surface area contributed by atoms with Gasteiger partial charge in [0.15, 0.2) is 5.69 Å². The van der Waals surface area contributed by atoms with Crippen LogP contribution in [0.5, 0.6) is 0 Å². The molecule has 2 N–H and O–H groups in total. The summed E-state index contributed by atoms with van der Waals surface area (Å²) >= 11 is 7.11. The van der Waals surface area contributed by atoms with Crippen LogP contribution in [0, 0.1) is 11.3 Å². The summed E-state index contributed by atoms with van der Waals surface area (Å²) in [7, 11) is 0. The monoisotopic (exact) mass is 293 g/mol. The highest BCUT2D eigenvalue weighted by molar-refractivity contribution is 7.09. The van der Waals surface area contributed by atoms with Crippen LogP contribution in [0.4, 0.5) is 5.69 Å². The van der Waals surface area contributed by atoms with Gasteiger partial charge in [-0.25, -0.2) is 9.78 Å². The smallest absolute Gasteiger partial charge is 0.355 e. The van der Waals surface area contributed by atoms with Crippen molar-refractivity contribution >= 4 is 34.6 Å². The Bertz CT molecular complexity index is 663. The summed E-state index contributed by atoms with van der Waals surface area (Å²) in [5.41, 5.74) is 1.09. The summed E-state index contributed by atoms with van der Waals surface area (Å²) in [6.45, 7) is 0.340. The molecule has 1 heterocycles. The van der Waals surface area contributed by atoms with Crippen molar-refractivity contribution in [3.05, 3.63) is 44.9 Å². The average molecular weight is 294 g/mol. The minimum absolute atomic E-state index is 0.0217. The Hall–Kier alpha value is -2.10. The third kappa shape index (κ3) is 3.22. The number of nitriles is 1. The number of nitrogens with zero attached hydrogens (tertiary/aromatic N) is 2. The summed E-state index contributed by atoms with van der Waals surface area (Å²) in [6, 6.07) is 6.95. The Morgan fingerprint density at radius 1 is 1.58 bits per heavy atom. The van der Waals surface area contributed by atoms with Crippen LogP contribution < -0.4 is 5.32 Å². The first kappa shape index (κ1) is 13.3. The molecule has 0 spiro atoms. The van der Waals surface area contributed by atoms with Gasteiger partial charge in [-0.05, 0) is 18.2 Å². The van der Waals surface area contributed by atoms with E-state index in [0.717, 1.165) is 0 Å². The number of aromatic nitrogens is 1. The van der Waals surface area contributed by atoms with Crippen LogP contribution >= 0.6 is 22.9 Å². The number of rotatable bonds is 4. The molecule has 7 heteroatoms. The Kier molecular flexibility index (Phi) is 4.00. The number of halogens is 1. The highest BCUT2D eigenvalue weighted by Crippen LogP contribution is 2.21. The van der Waals surface area contributed by atoms with Crippen molar-refractivity contribution in [2.75, 3.05) is 5.32 Å². The van der Waals surface area contributed by atoms with Gasteiger partial charge in [0.05, 0.1) is 17.8 Å². The van der Waals surface area contributed by atoms with E-state index in [1.165, 1.54) is 16.7 Å². The number of thiazole rings is 1. The summed E-state index contributed by atoms with van der Waals surface area (Å²) in [5.74, 6) is -1.05. The summed E-state index contributed by atoms with van der Waals surface area (Å²) in [6.07, 6.45) is 0. The SMILES string of the molecule is N#Cc1ccc(Cl)cc1NCc1nc(C(=O)O)cs1. The highest BCUT2D eigenvalue weighted by atomic mass is 35.5. The number of carbonyl (C=O) groups is 1. The molecule has 0 radical (unpaired) electrons. The molecule has 2 aromatic rings. The molecule has 0 bridgehead atoms. The maximum atomic E-state index is 10.7. The lowest BCUT2D eigenvalue weighted by Crippen LogP contribution is -2.02. The lowest BCUT2D eigenvalue weighted by atomic mass is 10.2. The molecule has 0 saturated heterocycles. The third-order valence-electron chi connectivity index (χ3n) is 2.30. The standard InChI is InChI=1S/C12H8ClN3O2S/c13-8-2-1-7(4-14)9(3-8)15-5-11-16-10(6-19-11)12(17)18/h1-3,6,15H,5H2,(H,17,18). The number of carboxylic acids is 1. The van der Waals surface area contributed by atoms with Crippen LogP contribution in [0.3, 0.4) is 0 Å². The highest BCUT2D eigenvalue weighted by Gasteiger charge is 2.09. The minimum atomic E-state index is -1.05. The lowest BCUT2D eigenvalue weighted by Gasteiger charge is -2.06. The predicted molar refractivity (Wildman–Crippen MR) is 72.6 cm³/mol. The summed E-state index contributed by atoms with van der Waals surface area (Å²) < 4.78 is 0. The molecule has 0 aliphatic carbocycles.